The molecular weight excluding hydrogens is 272 g/mol. The highest BCUT2D eigenvalue weighted by Crippen LogP contribution is 2.33. The zero-order valence-corrected chi connectivity index (χ0v) is 11.3. The van der Waals surface area contributed by atoms with Crippen LogP contribution in [-0.4, -0.2) is 21.3 Å². The summed E-state index contributed by atoms with van der Waals surface area (Å²) in [4.78, 5) is 11.3. The van der Waals surface area contributed by atoms with Crippen LogP contribution in [0.25, 0.3) is 0 Å². The summed E-state index contributed by atoms with van der Waals surface area (Å²) in [5.41, 5.74) is 6.55. The van der Waals surface area contributed by atoms with Crippen molar-refractivity contribution in [3.63, 3.8) is 0 Å². The molecule has 1 aromatic carbocycles. The van der Waals surface area contributed by atoms with Gasteiger partial charge in [0.05, 0.1) is 0 Å². The Morgan fingerprint density at radius 1 is 1.61 bits per heavy atom. The molecule has 0 fully saturated rings. The van der Waals surface area contributed by atoms with Gasteiger partial charge in [0.15, 0.2) is 5.16 Å². The van der Waals surface area contributed by atoms with Gasteiger partial charge in [0, 0.05) is 23.9 Å². The molecule has 5 nitrogen and oxygen atoms in total. The molecule has 7 heteroatoms. The van der Waals surface area contributed by atoms with Crippen molar-refractivity contribution >= 4 is 23.4 Å². The van der Waals surface area contributed by atoms with Gasteiger partial charge < -0.3 is 5.73 Å². The molecule has 3 N–H and O–H groups in total. The average Bonchev–Trinajstić information content (AvgIpc) is 2.67. The van der Waals surface area contributed by atoms with Gasteiger partial charge in [-0.25, -0.2) is 9.89 Å². The van der Waals surface area contributed by atoms with Crippen LogP contribution in [0.5, 0.6) is 0 Å². The van der Waals surface area contributed by atoms with Crippen molar-refractivity contribution in [3.05, 3.63) is 45.3 Å². The third kappa shape index (κ3) is 2.77. The van der Waals surface area contributed by atoms with E-state index in [4.69, 9.17) is 17.3 Å². The second-order valence-corrected chi connectivity index (χ2v) is 5.37. The van der Waals surface area contributed by atoms with Crippen molar-refractivity contribution in [2.75, 3.05) is 6.54 Å². The van der Waals surface area contributed by atoms with Crippen molar-refractivity contribution < 1.29 is 0 Å². The summed E-state index contributed by atoms with van der Waals surface area (Å²) in [5.74, 6) is 0. The van der Waals surface area contributed by atoms with Crippen LogP contribution in [0.15, 0.2) is 34.2 Å². The molecule has 0 amide bonds. The van der Waals surface area contributed by atoms with Crippen molar-refractivity contribution in [1.29, 1.82) is 0 Å². The number of nitrogens with one attached hydrogen (secondary N) is 1. The number of aromatic nitrogens is 3. The van der Waals surface area contributed by atoms with E-state index in [0.717, 1.165) is 5.56 Å². The normalized spacial score (nSPS) is 12.6. The maximum atomic E-state index is 11.3. The molecule has 2 rings (SSSR count). The van der Waals surface area contributed by atoms with Crippen LogP contribution in [-0.2, 0) is 7.05 Å². The molecule has 1 heterocycles. The predicted molar refractivity (Wildman–Crippen MR) is 72.9 cm³/mol. The predicted octanol–water partition coefficient (Wildman–Crippen LogP) is 1.55. The Balaban J connectivity index is 2.25. The van der Waals surface area contributed by atoms with Gasteiger partial charge in [0.25, 0.3) is 0 Å². The third-order valence-electron chi connectivity index (χ3n) is 2.52. The lowest BCUT2D eigenvalue weighted by molar-refractivity contribution is 0.760. The van der Waals surface area contributed by atoms with Crippen LogP contribution >= 0.6 is 23.4 Å². The summed E-state index contributed by atoms with van der Waals surface area (Å²) >= 11 is 7.39. The summed E-state index contributed by atoms with van der Waals surface area (Å²) in [6.45, 7) is 0.437. The van der Waals surface area contributed by atoms with E-state index >= 15 is 0 Å². The number of hydrogen-bond acceptors (Lipinski definition) is 4. The van der Waals surface area contributed by atoms with E-state index in [2.05, 4.69) is 10.2 Å². The SMILES string of the molecule is Cn1c(SC(CN)c2cccc(Cl)c2)n[nH]c1=O. The monoisotopic (exact) mass is 284 g/mol. The maximum Gasteiger partial charge on any atom is 0.343 e. The van der Waals surface area contributed by atoms with E-state index in [1.54, 1.807) is 7.05 Å². The summed E-state index contributed by atoms with van der Waals surface area (Å²) in [6.07, 6.45) is 0. The highest BCUT2D eigenvalue weighted by molar-refractivity contribution is 7.99. The number of thioether (sulfide) groups is 1. The fourth-order valence-electron chi connectivity index (χ4n) is 1.52. The van der Waals surface area contributed by atoms with Crippen LogP contribution in [0.2, 0.25) is 5.02 Å². The summed E-state index contributed by atoms with van der Waals surface area (Å²) < 4.78 is 1.46. The summed E-state index contributed by atoms with van der Waals surface area (Å²) in [6, 6.07) is 7.52. The van der Waals surface area contributed by atoms with E-state index in [-0.39, 0.29) is 10.9 Å². The minimum atomic E-state index is -0.237. The summed E-state index contributed by atoms with van der Waals surface area (Å²) in [7, 11) is 1.67. The number of rotatable bonds is 4. The average molecular weight is 285 g/mol. The lowest BCUT2D eigenvalue weighted by Gasteiger charge is -2.13. The molecule has 0 spiro atoms. The first kappa shape index (κ1) is 13.2. The fraction of sp³-hybridized carbons (Fsp3) is 0.273. The van der Waals surface area contributed by atoms with Crippen LogP contribution in [0.1, 0.15) is 10.8 Å². The zero-order chi connectivity index (χ0) is 13.1. The quantitative estimate of drug-likeness (QED) is 0.835. The topological polar surface area (TPSA) is 76.7 Å². The minimum absolute atomic E-state index is 0.0117. The van der Waals surface area contributed by atoms with E-state index in [0.29, 0.717) is 16.7 Å². The van der Waals surface area contributed by atoms with E-state index in [9.17, 15) is 4.79 Å². The molecule has 1 aromatic heterocycles. The molecule has 0 saturated heterocycles. The number of nitrogens with two attached hydrogens (primary N) is 1. The van der Waals surface area contributed by atoms with Crippen molar-refractivity contribution in [3.8, 4) is 0 Å². The van der Waals surface area contributed by atoms with Crippen molar-refractivity contribution in [1.82, 2.24) is 14.8 Å². The van der Waals surface area contributed by atoms with Crippen LogP contribution < -0.4 is 11.4 Å². The Kier molecular flexibility index (Phi) is 4.11. The molecule has 96 valence electrons. The van der Waals surface area contributed by atoms with Gasteiger partial charge in [0.1, 0.15) is 0 Å². The molecule has 0 bridgehead atoms. The Hall–Kier alpha value is -1.24. The van der Waals surface area contributed by atoms with Crippen LogP contribution in [0, 0.1) is 0 Å². The zero-order valence-electron chi connectivity index (χ0n) is 9.76. The Morgan fingerprint density at radius 3 is 2.94 bits per heavy atom. The second kappa shape index (κ2) is 5.60. The largest absolute Gasteiger partial charge is 0.343 e. The molecule has 0 aliphatic carbocycles. The highest BCUT2D eigenvalue weighted by atomic mass is 35.5. The Morgan fingerprint density at radius 2 is 2.39 bits per heavy atom. The second-order valence-electron chi connectivity index (χ2n) is 3.77. The first-order chi connectivity index (χ1) is 8.61. The molecule has 2 aromatic rings. The number of nitrogens with zero attached hydrogens (tertiary/aromatic N) is 2. The van der Waals surface area contributed by atoms with Gasteiger partial charge in [-0.3, -0.25) is 4.57 Å². The molecule has 0 radical (unpaired) electrons. The number of halogens is 1. The van der Waals surface area contributed by atoms with Crippen molar-refractivity contribution in [2.45, 2.75) is 10.4 Å². The number of aromatic amines is 1. The van der Waals surface area contributed by atoms with Crippen LogP contribution in [0.4, 0.5) is 0 Å². The van der Waals surface area contributed by atoms with Gasteiger partial charge in [-0.05, 0) is 17.7 Å². The van der Waals surface area contributed by atoms with Crippen LogP contribution in [0.3, 0.4) is 0 Å². The molecular formula is C11H13ClN4OS. The minimum Gasteiger partial charge on any atom is -0.329 e. The Bertz CT molecular complexity index is 595. The van der Waals surface area contributed by atoms with E-state index in [1.165, 1.54) is 16.3 Å². The molecule has 1 atom stereocenters. The first-order valence-electron chi connectivity index (χ1n) is 5.35. The number of benzene rings is 1. The molecule has 0 saturated carbocycles. The van der Waals surface area contributed by atoms with Gasteiger partial charge in [-0.15, -0.1) is 5.10 Å². The third-order valence-corrected chi connectivity index (χ3v) is 4.08. The summed E-state index contributed by atoms with van der Waals surface area (Å²) in [5, 5.41) is 7.64. The van der Waals surface area contributed by atoms with E-state index in [1.807, 2.05) is 24.3 Å². The molecule has 0 aliphatic rings. The van der Waals surface area contributed by atoms with Gasteiger partial charge in [-0.1, -0.05) is 35.5 Å². The number of hydrogen-bond donors (Lipinski definition) is 2. The van der Waals surface area contributed by atoms with Gasteiger partial charge in [-0.2, -0.15) is 0 Å². The highest BCUT2D eigenvalue weighted by Gasteiger charge is 2.15. The lowest BCUT2D eigenvalue weighted by Crippen LogP contribution is -2.14. The smallest absolute Gasteiger partial charge is 0.329 e. The van der Waals surface area contributed by atoms with Gasteiger partial charge >= 0.3 is 5.69 Å². The van der Waals surface area contributed by atoms with Crippen molar-refractivity contribution in [2.24, 2.45) is 12.8 Å². The first-order valence-corrected chi connectivity index (χ1v) is 6.61. The lowest BCUT2D eigenvalue weighted by atomic mass is 10.1. The molecule has 0 aliphatic heterocycles. The molecule has 18 heavy (non-hydrogen) atoms. The number of H-pyrrole nitrogens is 1. The maximum absolute atomic E-state index is 11.3. The van der Waals surface area contributed by atoms with E-state index < -0.39 is 0 Å². The molecule has 1 unspecified atom stereocenters. The fourth-order valence-corrected chi connectivity index (χ4v) is 2.70. The Labute approximate surface area is 113 Å². The van der Waals surface area contributed by atoms with Gasteiger partial charge in [0.2, 0.25) is 0 Å². The standard InChI is InChI=1S/C11H13ClN4OS/c1-16-10(17)14-15-11(16)18-9(6-13)7-3-2-4-8(12)5-7/h2-5,9H,6,13H2,1H3,(H,14,17).